The monoisotopic (exact) mass is 329 g/mol. The van der Waals surface area contributed by atoms with Gasteiger partial charge in [-0.25, -0.2) is 0 Å². The summed E-state index contributed by atoms with van der Waals surface area (Å²) in [6.07, 6.45) is 0. The van der Waals surface area contributed by atoms with Gasteiger partial charge < -0.3 is 10.6 Å². The van der Waals surface area contributed by atoms with E-state index in [0.717, 1.165) is 21.4 Å². The van der Waals surface area contributed by atoms with Crippen molar-refractivity contribution < 1.29 is 0 Å². The summed E-state index contributed by atoms with van der Waals surface area (Å²) in [7, 11) is 1.99. The molecule has 0 fully saturated rings. The molecule has 0 aliphatic rings. The second kappa shape index (κ2) is 6.08. The van der Waals surface area contributed by atoms with E-state index < -0.39 is 0 Å². The summed E-state index contributed by atoms with van der Waals surface area (Å²) in [6, 6.07) is 15.8. The van der Waals surface area contributed by atoms with E-state index in [9.17, 15) is 0 Å². The van der Waals surface area contributed by atoms with E-state index in [4.69, 9.17) is 11.0 Å². The summed E-state index contributed by atoms with van der Waals surface area (Å²) in [5.74, 6) is 0. The SMILES string of the molecule is CC(N)c1ccc(N(C)c2ccc(C#N)cc2)cc1Br. The zero-order valence-corrected chi connectivity index (χ0v) is 13.1. The van der Waals surface area contributed by atoms with E-state index in [0.29, 0.717) is 5.56 Å². The number of rotatable bonds is 3. The molecule has 2 N–H and O–H groups in total. The second-order valence-corrected chi connectivity index (χ2v) is 5.57. The first kappa shape index (κ1) is 14.6. The number of nitrogens with two attached hydrogens (primary N) is 1. The van der Waals surface area contributed by atoms with Gasteiger partial charge in [-0.1, -0.05) is 22.0 Å². The minimum Gasteiger partial charge on any atom is -0.345 e. The van der Waals surface area contributed by atoms with Crippen molar-refractivity contribution in [2.45, 2.75) is 13.0 Å². The van der Waals surface area contributed by atoms with Gasteiger partial charge >= 0.3 is 0 Å². The standard InChI is InChI=1S/C16H16BrN3/c1-11(19)15-8-7-14(9-16(15)17)20(2)13-5-3-12(10-18)4-6-13/h3-9,11H,19H2,1-2H3. The van der Waals surface area contributed by atoms with Crippen LogP contribution in [0.1, 0.15) is 24.1 Å². The van der Waals surface area contributed by atoms with Crippen molar-refractivity contribution in [1.82, 2.24) is 0 Å². The Morgan fingerprint density at radius 2 is 1.75 bits per heavy atom. The normalized spacial score (nSPS) is 11.8. The largest absolute Gasteiger partial charge is 0.345 e. The second-order valence-electron chi connectivity index (χ2n) is 4.71. The maximum atomic E-state index is 8.82. The van der Waals surface area contributed by atoms with E-state index in [1.54, 1.807) is 0 Å². The fraction of sp³-hybridized carbons (Fsp3) is 0.188. The van der Waals surface area contributed by atoms with Crippen LogP contribution < -0.4 is 10.6 Å². The Hall–Kier alpha value is -1.83. The zero-order valence-electron chi connectivity index (χ0n) is 11.5. The Bertz CT molecular complexity index is 642. The summed E-state index contributed by atoms with van der Waals surface area (Å²) in [6.45, 7) is 1.96. The van der Waals surface area contributed by atoms with Gasteiger partial charge in [0.2, 0.25) is 0 Å². The van der Waals surface area contributed by atoms with Crippen molar-refractivity contribution in [3.63, 3.8) is 0 Å². The van der Waals surface area contributed by atoms with Crippen molar-refractivity contribution in [2.75, 3.05) is 11.9 Å². The highest BCUT2D eigenvalue weighted by Crippen LogP contribution is 2.30. The van der Waals surface area contributed by atoms with Crippen LogP contribution in [0.25, 0.3) is 0 Å². The number of nitrogens with zero attached hydrogens (tertiary/aromatic N) is 2. The summed E-state index contributed by atoms with van der Waals surface area (Å²) in [5, 5.41) is 8.82. The van der Waals surface area contributed by atoms with Crippen LogP contribution in [0.15, 0.2) is 46.9 Å². The summed E-state index contributed by atoms with van der Waals surface area (Å²) in [5.41, 5.74) is 9.75. The van der Waals surface area contributed by atoms with Crippen LogP contribution in [-0.2, 0) is 0 Å². The summed E-state index contributed by atoms with van der Waals surface area (Å²) >= 11 is 3.56. The van der Waals surface area contributed by atoms with Gasteiger partial charge in [0.15, 0.2) is 0 Å². The van der Waals surface area contributed by atoms with E-state index in [1.165, 1.54) is 0 Å². The van der Waals surface area contributed by atoms with Crippen LogP contribution >= 0.6 is 15.9 Å². The quantitative estimate of drug-likeness (QED) is 0.921. The molecule has 2 aromatic carbocycles. The van der Waals surface area contributed by atoms with Crippen molar-refractivity contribution in [1.29, 1.82) is 5.26 Å². The maximum absolute atomic E-state index is 8.82. The van der Waals surface area contributed by atoms with Crippen molar-refractivity contribution >= 4 is 27.3 Å². The van der Waals surface area contributed by atoms with Crippen LogP contribution in [0.3, 0.4) is 0 Å². The molecule has 0 saturated heterocycles. The molecule has 1 atom stereocenters. The average molecular weight is 330 g/mol. The van der Waals surface area contributed by atoms with Crippen LogP contribution in [0.4, 0.5) is 11.4 Å². The molecule has 102 valence electrons. The lowest BCUT2D eigenvalue weighted by Gasteiger charge is -2.21. The first-order valence-corrected chi connectivity index (χ1v) is 7.11. The molecule has 0 amide bonds. The molecule has 0 aliphatic heterocycles. The van der Waals surface area contributed by atoms with Crippen molar-refractivity contribution in [3.8, 4) is 6.07 Å². The third-order valence-electron chi connectivity index (χ3n) is 3.25. The number of nitriles is 1. The lowest BCUT2D eigenvalue weighted by Crippen LogP contribution is -2.11. The van der Waals surface area contributed by atoms with Crippen LogP contribution in [-0.4, -0.2) is 7.05 Å². The van der Waals surface area contributed by atoms with Gasteiger partial charge in [-0.3, -0.25) is 0 Å². The van der Waals surface area contributed by atoms with E-state index in [-0.39, 0.29) is 6.04 Å². The van der Waals surface area contributed by atoms with Crippen LogP contribution in [0.5, 0.6) is 0 Å². The fourth-order valence-electron chi connectivity index (χ4n) is 2.00. The Morgan fingerprint density at radius 3 is 2.25 bits per heavy atom. The smallest absolute Gasteiger partial charge is 0.0991 e. The highest BCUT2D eigenvalue weighted by Gasteiger charge is 2.09. The van der Waals surface area contributed by atoms with Gasteiger partial charge in [0, 0.05) is 28.9 Å². The topological polar surface area (TPSA) is 53.0 Å². The van der Waals surface area contributed by atoms with Gasteiger partial charge in [-0.15, -0.1) is 0 Å². The van der Waals surface area contributed by atoms with Crippen LogP contribution in [0.2, 0.25) is 0 Å². The number of halogens is 1. The minimum absolute atomic E-state index is 0.00126. The fourth-order valence-corrected chi connectivity index (χ4v) is 2.73. The predicted octanol–water partition coefficient (Wildman–Crippen LogP) is 4.11. The third kappa shape index (κ3) is 3.01. The molecule has 1 unspecified atom stereocenters. The van der Waals surface area contributed by atoms with Crippen LogP contribution in [0, 0.1) is 11.3 Å². The Balaban J connectivity index is 2.31. The minimum atomic E-state index is -0.00126. The molecule has 0 radical (unpaired) electrons. The lowest BCUT2D eigenvalue weighted by atomic mass is 10.1. The van der Waals surface area contributed by atoms with E-state index in [2.05, 4.69) is 33.0 Å². The molecule has 0 bridgehead atoms. The van der Waals surface area contributed by atoms with Gasteiger partial charge in [0.05, 0.1) is 11.6 Å². The van der Waals surface area contributed by atoms with Crippen molar-refractivity contribution in [3.05, 3.63) is 58.1 Å². The maximum Gasteiger partial charge on any atom is 0.0991 e. The average Bonchev–Trinajstić information content (AvgIpc) is 2.46. The Kier molecular flexibility index (Phi) is 4.43. The molecule has 4 heteroatoms. The number of hydrogen-bond acceptors (Lipinski definition) is 3. The molecule has 0 aliphatic carbocycles. The molecule has 0 spiro atoms. The summed E-state index contributed by atoms with van der Waals surface area (Å²) in [4.78, 5) is 2.07. The van der Waals surface area contributed by atoms with Gasteiger partial charge in [0.1, 0.15) is 0 Å². The Labute approximate surface area is 127 Å². The molecule has 2 aromatic rings. The molecule has 20 heavy (non-hydrogen) atoms. The molecule has 2 rings (SSSR count). The lowest BCUT2D eigenvalue weighted by molar-refractivity contribution is 0.813. The zero-order chi connectivity index (χ0) is 14.7. The number of hydrogen-bond donors (Lipinski definition) is 1. The highest BCUT2D eigenvalue weighted by molar-refractivity contribution is 9.10. The Morgan fingerprint density at radius 1 is 1.15 bits per heavy atom. The summed E-state index contributed by atoms with van der Waals surface area (Å²) < 4.78 is 1.01. The van der Waals surface area contributed by atoms with Crippen molar-refractivity contribution in [2.24, 2.45) is 5.73 Å². The molecule has 0 saturated carbocycles. The molecular formula is C16H16BrN3. The first-order chi connectivity index (χ1) is 9.52. The first-order valence-electron chi connectivity index (χ1n) is 6.32. The van der Waals surface area contributed by atoms with Gasteiger partial charge in [-0.2, -0.15) is 5.26 Å². The van der Waals surface area contributed by atoms with E-state index >= 15 is 0 Å². The molecular weight excluding hydrogens is 314 g/mol. The molecule has 0 aromatic heterocycles. The highest BCUT2D eigenvalue weighted by atomic mass is 79.9. The molecule has 3 nitrogen and oxygen atoms in total. The molecule has 0 heterocycles. The van der Waals surface area contributed by atoms with Gasteiger partial charge in [0.25, 0.3) is 0 Å². The van der Waals surface area contributed by atoms with Gasteiger partial charge in [-0.05, 0) is 48.9 Å². The number of anilines is 2. The van der Waals surface area contributed by atoms with E-state index in [1.807, 2.05) is 50.4 Å². The number of benzene rings is 2. The predicted molar refractivity (Wildman–Crippen MR) is 86.0 cm³/mol. The third-order valence-corrected chi connectivity index (χ3v) is 3.93.